The number of carbonyl (C=O) groups is 1. The fraction of sp³-hybridized carbons (Fsp3) is 0.250. The van der Waals surface area contributed by atoms with Crippen LogP contribution in [-0.2, 0) is 0 Å². The highest BCUT2D eigenvalue weighted by atomic mass is 19.1. The van der Waals surface area contributed by atoms with Gasteiger partial charge in [0, 0.05) is 17.7 Å². The maximum absolute atomic E-state index is 13.3. The predicted molar refractivity (Wildman–Crippen MR) is 64.8 cm³/mol. The smallest absolute Gasteiger partial charge is 0.304 e. The molecule has 1 unspecified atom stereocenters. The molecule has 0 spiro atoms. The maximum atomic E-state index is 13.3. The van der Waals surface area contributed by atoms with Crippen molar-refractivity contribution in [2.24, 2.45) is 0 Å². The van der Waals surface area contributed by atoms with Crippen molar-refractivity contribution in [3.8, 4) is 0 Å². The van der Waals surface area contributed by atoms with Gasteiger partial charge in [0.25, 0.3) is 5.91 Å². The number of nitrogens with zero attached hydrogens (tertiary/aromatic N) is 1. The fourth-order valence-corrected chi connectivity index (χ4v) is 1.41. The molecule has 0 saturated heterocycles. The molecule has 0 aliphatic carbocycles. The second-order valence-corrected chi connectivity index (χ2v) is 3.82. The Morgan fingerprint density at radius 3 is 2.83 bits per heavy atom. The monoisotopic (exact) mass is 252 g/mol. The van der Waals surface area contributed by atoms with Crippen LogP contribution in [0.2, 0.25) is 0 Å². The summed E-state index contributed by atoms with van der Waals surface area (Å²) < 4.78 is 13.3. The molecule has 1 aromatic rings. The van der Waals surface area contributed by atoms with Gasteiger partial charge < -0.3 is 5.32 Å². The van der Waals surface area contributed by atoms with E-state index in [4.69, 9.17) is 0 Å². The van der Waals surface area contributed by atoms with Gasteiger partial charge in [-0.1, -0.05) is 6.08 Å². The van der Waals surface area contributed by atoms with Crippen molar-refractivity contribution in [3.05, 3.63) is 52.3 Å². The number of carbonyl (C=O) groups excluding carboxylic acids is 1. The number of amides is 1. The minimum atomic E-state index is -1.02. The highest BCUT2D eigenvalue weighted by Crippen LogP contribution is 2.18. The van der Waals surface area contributed by atoms with E-state index in [2.05, 4.69) is 11.9 Å². The van der Waals surface area contributed by atoms with Gasteiger partial charge in [-0.05, 0) is 25.5 Å². The Kier molecular flexibility index (Phi) is 4.53. The van der Waals surface area contributed by atoms with Crippen LogP contribution in [0.4, 0.5) is 10.1 Å². The molecular formula is C12H13FN2O3. The van der Waals surface area contributed by atoms with Crippen molar-refractivity contribution in [1.82, 2.24) is 5.32 Å². The molecule has 0 aliphatic rings. The van der Waals surface area contributed by atoms with Gasteiger partial charge in [0.1, 0.15) is 0 Å². The standard InChI is InChI=1S/C12H13FN2O3/c1-3-4-8(2)14-12(16)9-5-6-11(15(17)18)10(13)7-9/h3,5-8H,1,4H2,2H3,(H,14,16). The Morgan fingerprint density at radius 1 is 1.67 bits per heavy atom. The molecule has 18 heavy (non-hydrogen) atoms. The van der Waals surface area contributed by atoms with E-state index < -0.39 is 22.3 Å². The van der Waals surface area contributed by atoms with Crippen LogP contribution in [0.5, 0.6) is 0 Å². The third-order valence-corrected chi connectivity index (χ3v) is 2.30. The summed E-state index contributed by atoms with van der Waals surface area (Å²) >= 11 is 0. The molecule has 1 N–H and O–H groups in total. The zero-order chi connectivity index (χ0) is 13.7. The van der Waals surface area contributed by atoms with Gasteiger partial charge in [0.15, 0.2) is 0 Å². The molecule has 0 fully saturated rings. The van der Waals surface area contributed by atoms with Crippen LogP contribution in [0.1, 0.15) is 23.7 Å². The van der Waals surface area contributed by atoms with E-state index in [0.29, 0.717) is 6.42 Å². The Bertz CT molecular complexity index is 488. The Labute approximate surface area is 103 Å². The molecule has 0 saturated carbocycles. The first-order valence-corrected chi connectivity index (χ1v) is 5.31. The summed E-state index contributed by atoms with van der Waals surface area (Å²) in [5.74, 6) is -1.50. The zero-order valence-electron chi connectivity index (χ0n) is 9.85. The van der Waals surface area contributed by atoms with Crippen molar-refractivity contribution in [1.29, 1.82) is 0 Å². The van der Waals surface area contributed by atoms with Gasteiger partial charge in [-0.3, -0.25) is 14.9 Å². The molecule has 0 radical (unpaired) electrons. The second-order valence-electron chi connectivity index (χ2n) is 3.82. The number of hydrogen-bond acceptors (Lipinski definition) is 3. The Hall–Kier alpha value is -2.24. The minimum absolute atomic E-state index is 0.0500. The summed E-state index contributed by atoms with van der Waals surface area (Å²) in [7, 11) is 0. The summed E-state index contributed by atoms with van der Waals surface area (Å²) in [5, 5.41) is 13.0. The second kappa shape index (κ2) is 5.90. The van der Waals surface area contributed by atoms with Gasteiger partial charge in [0.05, 0.1) is 4.92 Å². The molecule has 96 valence electrons. The average molecular weight is 252 g/mol. The zero-order valence-corrected chi connectivity index (χ0v) is 9.85. The number of nitro groups is 1. The molecule has 0 heterocycles. The lowest BCUT2D eigenvalue weighted by atomic mass is 10.1. The molecule has 0 aromatic heterocycles. The number of halogens is 1. The van der Waals surface area contributed by atoms with Crippen molar-refractivity contribution >= 4 is 11.6 Å². The van der Waals surface area contributed by atoms with E-state index in [1.54, 1.807) is 13.0 Å². The summed E-state index contributed by atoms with van der Waals surface area (Å²) in [4.78, 5) is 21.3. The third kappa shape index (κ3) is 3.38. The highest BCUT2D eigenvalue weighted by molar-refractivity contribution is 5.94. The van der Waals surface area contributed by atoms with Gasteiger partial charge in [0.2, 0.25) is 5.82 Å². The van der Waals surface area contributed by atoms with Gasteiger partial charge in [-0.15, -0.1) is 6.58 Å². The number of nitro benzene ring substituents is 1. The van der Waals surface area contributed by atoms with Crippen LogP contribution in [0.3, 0.4) is 0 Å². The van der Waals surface area contributed by atoms with E-state index in [1.807, 2.05) is 0 Å². The van der Waals surface area contributed by atoms with Gasteiger partial charge in [-0.2, -0.15) is 4.39 Å². The molecule has 1 amide bonds. The van der Waals surface area contributed by atoms with Gasteiger partial charge in [-0.25, -0.2) is 0 Å². The molecule has 1 atom stereocenters. The van der Waals surface area contributed by atoms with Crippen molar-refractivity contribution in [3.63, 3.8) is 0 Å². The van der Waals surface area contributed by atoms with Crippen LogP contribution in [-0.4, -0.2) is 16.9 Å². The molecule has 0 bridgehead atoms. The van der Waals surface area contributed by atoms with Crippen molar-refractivity contribution in [2.45, 2.75) is 19.4 Å². The normalized spacial score (nSPS) is 11.7. The van der Waals surface area contributed by atoms with E-state index in [-0.39, 0.29) is 11.6 Å². The molecule has 5 nitrogen and oxygen atoms in total. The number of hydrogen-bond donors (Lipinski definition) is 1. The number of benzene rings is 1. The van der Waals surface area contributed by atoms with Crippen LogP contribution >= 0.6 is 0 Å². The van der Waals surface area contributed by atoms with E-state index in [1.165, 1.54) is 6.07 Å². The van der Waals surface area contributed by atoms with Crippen molar-refractivity contribution in [2.75, 3.05) is 0 Å². The number of nitrogens with one attached hydrogen (secondary N) is 1. The summed E-state index contributed by atoms with van der Waals surface area (Å²) in [6.45, 7) is 5.32. The van der Waals surface area contributed by atoms with E-state index in [0.717, 1.165) is 12.1 Å². The first-order chi connectivity index (χ1) is 8.45. The molecule has 6 heteroatoms. The molecular weight excluding hydrogens is 239 g/mol. The first-order valence-electron chi connectivity index (χ1n) is 5.31. The Morgan fingerprint density at radius 2 is 2.33 bits per heavy atom. The average Bonchev–Trinajstić information content (AvgIpc) is 2.28. The molecule has 1 rings (SSSR count). The van der Waals surface area contributed by atoms with Crippen LogP contribution in [0, 0.1) is 15.9 Å². The lowest BCUT2D eigenvalue weighted by molar-refractivity contribution is -0.387. The molecule has 1 aromatic carbocycles. The van der Waals surface area contributed by atoms with E-state index in [9.17, 15) is 19.3 Å². The lowest BCUT2D eigenvalue weighted by Crippen LogP contribution is -2.32. The highest BCUT2D eigenvalue weighted by Gasteiger charge is 2.17. The quantitative estimate of drug-likeness (QED) is 0.497. The maximum Gasteiger partial charge on any atom is 0.304 e. The fourth-order valence-electron chi connectivity index (χ4n) is 1.41. The lowest BCUT2D eigenvalue weighted by Gasteiger charge is -2.11. The largest absolute Gasteiger partial charge is 0.349 e. The topological polar surface area (TPSA) is 72.2 Å². The van der Waals surface area contributed by atoms with Crippen molar-refractivity contribution < 1.29 is 14.1 Å². The molecule has 0 aliphatic heterocycles. The van der Waals surface area contributed by atoms with Crippen LogP contribution in [0.15, 0.2) is 30.9 Å². The Balaban J connectivity index is 2.84. The summed E-state index contributed by atoms with van der Waals surface area (Å²) in [6.07, 6.45) is 2.24. The third-order valence-electron chi connectivity index (χ3n) is 2.30. The summed E-state index contributed by atoms with van der Waals surface area (Å²) in [5.41, 5.74) is -0.597. The minimum Gasteiger partial charge on any atom is -0.349 e. The van der Waals surface area contributed by atoms with Crippen LogP contribution in [0.25, 0.3) is 0 Å². The predicted octanol–water partition coefficient (Wildman–Crippen LogP) is 2.43. The SMILES string of the molecule is C=CCC(C)NC(=O)c1ccc([N+](=O)[O-])c(F)c1. The van der Waals surface area contributed by atoms with E-state index >= 15 is 0 Å². The number of rotatable bonds is 5. The first kappa shape index (κ1) is 13.8. The summed E-state index contributed by atoms with van der Waals surface area (Å²) in [6, 6.07) is 2.92. The van der Waals surface area contributed by atoms with Gasteiger partial charge >= 0.3 is 5.69 Å². The van der Waals surface area contributed by atoms with Crippen LogP contribution < -0.4 is 5.32 Å².